The first-order valence-electron chi connectivity index (χ1n) is 6.12. The van der Waals surface area contributed by atoms with Gasteiger partial charge in [-0.15, -0.1) is 0 Å². The molecule has 0 spiro atoms. The average Bonchev–Trinajstić information content (AvgIpc) is 2.33. The summed E-state index contributed by atoms with van der Waals surface area (Å²) in [5.41, 5.74) is 4.70. The lowest BCUT2D eigenvalue weighted by atomic mass is 9.98. The van der Waals surface area contributed by atoms with E-state index >= 15 is 0 Å². The molecule has 0 aliphatic rings. The molecule has 0 aromatic heterocycles. The summed E-state index contributed by atoms with van der Waals surface area (Å²) in [6.45, 7) is 4.17. The molecular weight excluding hydrogens is 371 g/mol. The van der Waals surface area contributed by atoms with Crippen LogP contribution in [0.4, 0.5) is 4.39 Å². The summed E-state index contributed by atoms with van der Waals surface area (Å²) in [6, 6.07) is 11.1. The largest absolute Gasteiger partial charge is 0.207 e. The summed E-state index contributed by atoms with van der Waals surface area (Å²) in [5.74, 6) is -0.180. The predicted molar refractivity (Wildman–Crippen MR) is 85.4 cm³/mol. The lowest BCUT2D eigenvalue weighted by Gasteiger charge is -2.15. The van der Waals surface area contributed by atoms with Crippen LogP contribution in [0.1, 0.15) is 27.1 Å². The van der Waals surface area contributed by atoms with Crippen molar-refractivity contribution in [2.75, 3.05) is 0 Å². The van der Waals surface area contributed by atoms with Crippen molar-refractivity contribution in [3.8, 4) is 0 Å². The van der Waals surface area contributed by atoms with Crippen LogP contribution in [0.2, 0.25) is 0 Å². The number of halogens is 3. The van der Waals surface area contributed by atoms with Gasteiger partial charge in [0.2, 0.25) is 0 Å². The van der Waals surface area contributed by atoms with Crippen molar-refractivity contribution in [2.24, 2.45) is 0 Å². The van der Waals surface area contributed by atoms with Gasteiger partial charge in [-0.3, -0.25) is 0 Å². The Kier molecular flexibility index (Phi) is 4.80. The van der Waals surface area contributed by atoms with Gasteiger partial charge in [-0.2, -0.15) is 0 Å². The highest BCUT2D eigenvalue weighted by Gasteiger charge is 2.13. The molecule has 2 aromatic rings. The number of hydrogen-bond acceptors (Lipinski definition) is 0. The van der Waals surface area contributed by atoms with Gasteiger partial charge in [0, 0.05) is 9.30 Å². The molecule has 0 saturated heterocycles. The molecule has 3 heteroatoms. The third kappa shape index (κ3) is 3.67. The Morgan fingerprint density at radius 3 is 2.53 bits per heavy atom. The maximum Gasteiger partial charge on any atom is 0.123 e. The molecule has 100 valence electrons. The molecule has 0 radical (unpaired) electrons. The van der Waals surface area contributed by atoms with Gasteiger partial charge in [0.1, 0.15) is 5.82 Å². The van der Waals surface area contributed by atoms with Crippen LogP contribution >= 0.6 is 31.9 Å². The lowest BCUT2D eigenvalue weighted by Crippen LogP contribution is -1.99. The first kappa shape index (κ1) is 14.7. The second kappa shape index (κ2) is 6.19. The van der Waals surface area contributed by atoms with Crippen LogP contribution in [0, 0.1) is 19.7 Å². The topological polar surface area (TPSA) is 0 Å². The summed E-state index contributed by atoms with van der Waals surface area (Å²) in [6.07, 6.45) is 0.777. The van der Waals surface area contributed by atoms with E-state index in [9.17, 15) is 4.39 Å². The van der Waals surface area contributed by atoms with Gasteiger partial charge in [0.05, 0.1) is 0 Å². The van der Waals surface area contributed by atoms with Crippen LogP contribution in [0.25, 0.3) is 0 Å². The van der Waals surface area contributed by atoms with Gasteiger partial charge in [0.25, 0.3) is 0 Å². The molecule has 0 saturated carbocycles. The van der Waals surface area contributed by atoms with Gasteiger partial charge >= 0.3 is 0 Å². The quantitative estimate of drug-likeness (QED) is 0.578. The van der Waals surface area contributed by atoms with Crippen LogP contribution in [0.15, 0.2) is 40.9 Å². The van der Waals surface area contributed by atoms with Gasteiger partial charge < -0.3 is 0 Å². The minimum atomic E-state index is -0.180. The fraction of sp³-hybridized carbons (Fsp3) is 0.250. The van der Waals surface area contributed by atoms with Crippen molar-refractivity contribution in [3.63, 3.8) is 0 Å². The summed E-state index contributed by atoms with van der Waals surface area (Å²) < 4.78 is 14.3. The molecule has 0 N–H and O–H groups in total. The van der Waals surface area contributed by atoms with E-state index in [-0.39, 0.29) is 10.6 Å². The van der Waals surface area contributed by atoms with Crippen LogP contribution < -0.4 is 0 Å². The van der Waals surface area contributed by atoms with E-state index < -0.39 is 0 Å². The van der Waals surface area contributed by atoms with Crippen molar-refractivity contribution in [1.82, 2.24) is 0 Å². The van der Waals surface area contributed by atoms with Crippen molar-refractivity contribution < 1.29 is 4.39 Å². The maximum absolute atomic E-state index is 13.2. The molecule has 0 nitrogen and oxygen atoms in total. The van der Waals surface area contributed by atoms with E-state index in [4.69, 9.17) is 0 Å². The monoisotopic (exact) mass is 384 g/mol. The highest BCUT2D eigenvalue weighted by atomic mass is 79.9. The Morgan fingerprint density at radius 2 is 1.84 bits per heavy atom. The van der Waals surface area contributed by atoms with Gasteiger partial charge in [-0.05, 0) is 60.7 Å². The zero-order chi connectivity index (χ0) is 14.0. The fourth-order valence-corrected chi connectivity index (χ4v) is 3.45. The molecule has 1 atom stereocenters. The van der Waals surface area contributed by atoms with Gasteiger partial charge in [-0.25, -0.2) is 4.39 Å². The van der Waals surface area contributed by atoms with E-state index in [0.717, 1.165) is 16.5 Å². The van der Waals surface area contributed by atoms with Crippen LogP contribution in [-0.2, 0) is 6.42 Å². The first-order chi connectivity index (χ1) is 8.97. The van der Waals surface area contributed by atoms with Crippen LogP contribution in [0.3, 0.4) is 0 Å². The molecule has 2 rings (SSSR count). The van der Waals surface area contributed by atoms with Crippen molar-refractivity contribution in [2.45, 2.75) is 25.1 Å². The number of aryl methyl sites for hydroxylation is 2. The predicted octanol–water partition coefficient (Wildman–Crippen LogP) is 5.88. The molecule has 0 bridgehead atoms. The zero-order valence-corrected chi connectivity index (χ0v) is 14.1. The van der Waals surface area contributed by atoms with Crippen LogP contribution in [0.5, 0.6) is 0 Å². The third-order valence-corrected chi connectivity index (χ3v) is 4.86. The van der Waals surface area contributed by atoms with E-state index in [0.29, 0.717) is 0 Å². The fourth-order valence-electron chi connectivity index (χ4n) is 2.12. The Balaban J connectivity index is 2.25. The summed E-state index contributed by atoms with van der Waals surface area (Å²) >= 11 is 7.26. The maximum atomic E-state index is 13.2. The molecular formula is C16H15Br2F. The van der Waals surface area contributed by atoms with E-state index in [1.165, 1.54) is 22.8 Å². The van der Waals surface area contributed by atoms with Gasteiger partial charge in [-0.1, -0.05) is 50.1 Å². The molecule has 0 amide bonds. The Bertz CT molecular complexity index is 593. The smallest absolute Gasteiger partial charge is 0.123 e. The standard InChI is InChI=1S/C16H15Br2F/c1-10-7-15(17)11(2)6-14(10)16(18)9-12-4-3-5-13(19)8-12/h3-8,16H,9H2,1-2H3. The molecule has 1 unspecified atom stereocenters. The summed E-state index contributed by atoms with van der Waals surface area (Å²) in [5, 5.41) is 0. The van der Waals surface area contributed by atoms with E-state index in [1.54, 1.807) is 12.1 Å². The highest BCUT2D eigenvalue weighted by Crippen LogP contribution is 2.32. The average molecular weight is 386 g/mol. The summed E-state index contributed by atoms with van der Waals surface area (Å²) in [7, 11) is 0. The molecule has 0 heterocycles. The zero-order valence-electron chi connectivity index (χ0n) is 10.9. The Morgan fingerprint density at radius 1 is 1.11 bits per heavy atom. The lowest BCUT2D eigenvalue weighted by molar-refractivity contribution is 0.625. The second-order valence-electron chi connectivity index (χ2n) is 4.76. The molecule has 0 aliphatic heterocycles. The van der Waals surface area contributed by atoms with Crippen molar-refractivity contribution in [1.29, 1.82) is 0 Å². The van der Waals surface area contributed by atoms with Crippen molar-refractivity contribution >= 4 is 31.9 Å². The number of rotatable bonds is 3. The molecule has 0 aliphatic carbocycles. The van der Waals surface area contributed by atoms with Gasteiger partial charge in [0.15, 0.2) is 0 Å². The van der Waals surface area contributed by atoms with E-state index in [1.807, 2.05) is 6.07 Å². The summed E-state index contributed by atoms with van der Waals surface area (Å²) in [4.78, 5) is 0.195. The number of benzene rings is 2. The molecule has 0 fully saturated rings. The Hall–Kier alpha value is -0.670. The highest BCUT2D eigenvalue weighted by molar-refractivity contribution is 9.10. The molecule has 19 heavy (non-hydrogen) atoms. The number of alkyl halides is 1. The Labute approximate surface area is 130 Å². The SMILES string of the molecule is Cc1cc(C(Br)Cc2cccc(F)c2)c(C)cc1Br. The van der Waals surface area contributed by atoms with E-state index in [2.05, 4.69) is 57.8 Å². The number of hydrogen-bond donors (Lipinski definition) is 0. The first-order valence-corrected chi connectivity index (χ1v) is 7.83. The third-order valence-electron chi connectivity index (χ3n) is 3.19. The second-order valence-corrected chi connectivity index (χ2v) is 6.72. The minimum absolute atomic E-state index is 0.180. The minimum Gasteiger partial charge on any atom is -0.207 e. The normalized spacial score (nSPS) is 12.5. The van der Waals surface area contributed by atoms with Crippen LogP contribution in [-0.4, -0.2) is 0 Å². The van der Waals surface area contributed by atoms with Crippen molar-refractivity contribution in [3.05, 3.63) is 68.9 Å². The molecule has 2 aromatic carbocycles.